The number of ether oxygens (including phenoxy) is 1. The van der Waals surface area contributed by atoms with Gasteiger partial charge in [-0.05, 0) is 51.4 Å². The zero-order chi connectivity index (χ0) is 26.2. The van der Waals surface area contributed by atoms with E-state index in [1.54, 1.807) is 13.3 Å². The molecule has 37 heavy (non-hydrogen) atoms. The lowest BCUT2D eigenvalue weighted by molar-refractivity contribution is -0.127. The van der Waals surface area contributed by atoms with Gasteiger partial charge in [-0.25, -0.2) is 9.97 Å². The van der Waals surface area contributed by atoms with Crippen molar-refractivity contribution in [1.29, 1.82) is 0 Å². The quantitative estimate of drug-likeness (QED) is 0.332. The number of likely N-dealkylation sites (tertiary alicyclic amines) is 1. The van der Waals surface area contributed by atoms with E-state index in [-0.39, 0.29) is 17.9 Å². The number of carbonyl (C=O) groups excluding carboxylic acids is 2. The van der Waals surface area contributed by atoms with Gasteiger partial charge in [-0.2, -0.15) is 0 Å². The first-order chi connectivity index (χ1) is 18.0. The fraction of sp³-hybridized carbons (Fsp3) is 0.517. The molecule has 1 aromatic carbocycles. The monoisotopic (exact) mass is 506 g/mol. The third kappa shape index (κ3) is 6.95. The van der Waals surface area contributed by atoms with Gasteiger partial charge in [-0.3, -0.25) is 9.59 Å². The van der Waals surface area contributed by atoms with E-state index in [1.807, 2.05) is 37.3 Å². The second kappa shape index (κ2) is 12.8. The van der Waals surface area contributed by atoms with E-state index < -0.39 is 0 Å². The molecule has 2 aromatic heterocycles. The molecule has 0 spiro atoms. The molecule has 198 valence electrons. The number of ketones is 1. The molecule has 1 saturated heterocycles. The summed E-state index contributed by atoms with van der Waals surface area (Å²) < 4.78 is 11.8. The number of hydrogen-bond acceptors (Lipinski definition) is 7. The zero-order valence-electron chi connectivity index (χ0n) is 22.2. The molecule has 1 aliphatic heterocycles. The predicted octanol–water partition coefficient (Wildman–Crippen LogP) is 5.33. The van der Waals surface area contributed by atoms with Gasteiger partial charge in [0.1, 0.15) is 11.8 Å². The van der Waals surface area contributed by atoms with Crippen molar-refractivity contribution in [2.75, 3.05) is 27.2 Å². The SMILES string of the molecule is CCC(=O)CCCCC[C@H](NC(=O)C1CCCN(C)C1)c1ncc(-c2cc3ccccc3nc2OC)o1. The highest BCUT2D eigenvalue weighted by molar-refractivity contribution is 5.85. The van der Waals surface area contributed by atoms with E-state index in [9.17, 15) is 9.59 Å². The van der Waals surface area contributed by atoms with Crippen LogP contribution in [0.1, 0.15) is 70.2 Å². The molecule has 1 fully saturated rings. The lowest BCUT2D eigenvalue weighted by Gasteiger charge is -2.29. The molecule has 1 amide bonds. The molecule has 0 bridgehead atoms. The first-order valence-corrected chi connectivity index (χ1v) is 13.4. The Morgan fingerprint density at radius 3 is 2.86 bits per heavy atom. The number of unbranched alkanes of at least 4 members (excludes halogenated alkanes) is 2. The van der Waals surface area contributed by atoms with E-state index >= 15 is 0 Å². The van der Waals surface area contributed by atoms with Crippen molar-refractivity contribution in [1.82, 2.24) is 20.2 Å². The maximum absolute atomic E-state index is 13.2. The standard InChI is InChI=1S/C29H38N4O4/c1-4-22(34)13-6-5-7-15-25(31-27(35)21-12-10-16-33(2)19-21)29-30-18-26(37-29)23-17-20-11-8-9-14-24(20)32-28(23)36-3/h8-9,11,14,17-18,21,25H,4-7,10,12-13,15-16,19H2,1-3H3,(H,31,35)/t21?,25-/m0/s1. The third-order valence-electron chi connectivity index (χ3n) is 7.12. The van der Waals surface area contributed by atoms with Crippen LogP contribution in [0.15, 0.2) is 40.9 Å². The number of rotatable bonds is 12. The molecule has 3 heterocycles. The van der Waals surface area contributed by atoms with E-state index in [1.165, 1.54) is 0 Å². The van der Waals surface area contributed by atoms with Crippen LogP contribution in [0.2, 0.25) is 0 Å². The minimum absolute atomic E-state index is 0.0392. The highest BCUT2D eigenvalue weighted by atomic mass is 16.5. The molecule has 1 unspecified atom stereocenters. The molecule has 1 aliphatic rings. The molecular formula is C29H38N4O4. The Balaban J connectivity index is 1.52. The van der Waals surface area contributed by atoms with Crippen molar-refractivity contribution in [2.24, 2.45) is 5.92 Å². The highest BCUT2D eigenvalue weighted by Crippen LogP contribution is 2.34. The molecule has 8 nitrogen and oxygen atoms in total. The topological polar surface area (TPSA) is 97.6 Å². The maximum atomic E-state index is 13.2. The molecule has 8 heteroatoms. The van der Waals surface area contributed by atoms with Crippen LogP contribution in [0.5, 0.6) is 5.88 Å². The lowest BCUT2D eigenvalue weighted by Crippen LogP contribution is -2.42. The van der Waals surface area contributed by atoms with Gasteiger partial charge < -0.3 is 19.4 Å². The number of oxazole rings is 1. The number of carbonyl (C=O) groups is 2. The van der Waals surface area contributed by atoms with Crippen molar-refractivity contribution in [3.63, 3.8) is 0 Å². The smallest absolute Gasteiger partial charge is 0.225 e. The molecular weight excluding hydrogens is 468 g/mol. The van der Waals surface area contributed by atoms with E-state index in [2.05, 4.69) is 27.2 Å². The van der Waals surface area contributed by atoms with Crippen LogP contribution in [0.25, 0.3) is 22.2 Å². The first-order valence-electron chi connectivity index (χ1n) is 13.4. The molecule has 1 N–H and O–H groups in total. The molecule has 0 saturated carbocycles. The summed E-state index contributed by atoms with van der Waals surface area (Å²) in [7, 11) is 3.64. The van der Waals surface area contributed by atoms with Gasteiger partial charge >= 0.3 is 0 Å². The minimum atomic E-state index is -0.338. The Bertz CT molecular complexity index is 1210. The summed E-state index contributed by atoms with van der Waals surface area (Å²) in [6, 6.07) is 9.49. The summed E-state index contributed by atoms with van der Waals surface area (Å²) in [6.07, 6.45) is 8.11. The number of piperidine rings is 1. The van der Waals surface area contributed by atoms with Crippen LogP contribution < -0.4 is 10.1 Å². The Hall–Kier alpha value is -3.26. The van der Waals surface area contributed by atoms with Gasteiger partial charge in [0.05, 0.1) is 30.3 Å². The number of fused-ring (bicyclic) bond motifs is 1. The number of Topliss-reactive ketones (excluding diaryl/α,β-unsaturated/α-hetero) is 1. The van der Waals surface area contributed by atoms with Crippen LogP contribution in [0.3, 0.4) is 0 Å². The number of hydrogen-bond donors (Lipinski definition) is 1. The Morgan fingerprint density at radius 1 is 1.24 bits per heavy atom. The van der Waals surface area contributed by atoms with Crippen LogP contribution in [0.4, 0.5) is 0 Å². The zero-order valence-corrected chi connectivity index (χ0v) is 22.2. The number of pyridine rings is 1. The van der Waals surface area contributed by atoms with Crippen LogP contribution >= 0.6 is 0 Å². The van der Waals surface area contributed by atoms with E-state index in [4.69, 9.17) is 9.15 Å². The largest absolute Gasteiger partial charge is 0.480 e. The van der Waals surface area contributed by atoms with Crippen LogP contribution in [-0.4, -0.2) is 53.8 Å². The van der Waals surface area contributed by atoms with Gasteiger partial charge in [0.25, 0.3) is 0 Å². The number of amides is 1. The van der Waals surface area contributed by atoms with E-state index in [0.29, 0.717) is 42.6 Å². The summed E-state index contributed by atoms with van der Waals surface area (Å²) in [5.41, 5.74) is 1.56. The van der Waals surface area contributed by atoms with Gasteiger partial charge in [-0.15, -0.1) is 0 Å². The summed E-state index contributed by atoms with van der Waals surface area (Å²) in [5.74, 6) is 1.79. The number of aromatic nitrogens is 2. The minimum Gasteiger partial charge on any atom is -0.480 e. The fourth-order valence-electron chi connectivity index (χ4n) is 4.96. The summed E-state index contributed by atoms with van der Waals surface area (Å²) in [5, 5.41) is 4.20. The van der Waals surface area contributed by atoms with Gasteiger partial charge in [0, 0.05) is 24.8 Å². The molecule has 0 aliphatic carbocycles. The van der Waals surface area contributed by atoms with Gasteiger partial charge in [0.2, 0.25) is 17.7 Å². The summed E-state index contributed by atoms with van der Waals surface area (Å²) in [4.78, 5) is 36.2. The van der Waals surface area contributed by atoms with Crippen molar-refractivity contribution < 1.29 is 18.7 Å². The summed E-state index contributed by atoms with van der Waals surface area (Å²) >= 11 is 0. The maximum Gasteiger partial charge on any atom is 0.225 e. The number of benzene rings is 1. The second-order valence-corrected chi connectivity index (χ2v) is 9.95. The van der Waals surface area contributed by atoms with Crippen molar-refractivity contribution in [2.45, 2.75) is 64.3 Å². The first kappa shape index (κ1) is 26.8. The van der Waals surface area contributed by atoms with Crippen molar-refractivity contribution in [3.8, 4) is 17.2 Å². The van der Waals surface area contributed by atoms with E-state index in [0.717, 1.165) is 61.7 Å². The molecule has 3 aromatic rings. The molecule has 2 atom stereocenters. The van der Waals surface area contributed by atoms with Crippen molar-refractivity contribution in [3.05, 3.63) is 42.4 Å². The number of nitrogens with one attached hydrogen (secondary N) is 1. The highest BCUT2D eigenvalue weighted by Gasteiger charge is 2.28. The number of para-hydroxylation sites is 1. The van der Waals surface area contributed by atoms with Crippen molar-refractivity contribution >= 4 is 22.6 Å². The van der Waals surface area contributed by atoms with Gasteiger partial charge in [0.15, 0.2) is 5.76 Å². The number of nitrogens with zero attached hydrogens (tertiary/aromatic N) is 3. The molecule has 0 radical (unpaired) electrons. The molecule has 4 rings (SSSR count). The predicted molar refractivity (Wildman–Crippen MR) is 143 cm³/mol. The second-order valence-electron chi connectivity index (χ2n) is 9.95. The van der Waals surface area contributed by atoms with Crippen LogP contribution in [0, 0.1) is 5.92 Å². The average Bonchev–Trinajstić information content (AvgIpc) is 3.41. The normalized spacial score (nSPS) is 17.0. The van der Waals surface area contributed by atoms with Crippen LogP contribution in [-0.2, 0) is 9.59 Å². The van der Waals surface area contributed by atoms with Gasteiger partial charge in [-0.1, -0.05) is 38.0 Å². The Morgan fingerprint density at radius 2 is 2.08 bits per heavy atom. The lowest BCUT2D eigenvalue weighted by atomic mass is 9.96. The third-order valence-corrected chi connectivity index (χ3v) is 7.12. The number of methoxy groups -OCH3 is 1. The Labute approximate surface area is 218 Å². The Kier molecular flexibility index (Phi) is 9.28. The fourth-order valence-corrected chi connectivity index (χ4v) is 4.96. The average molecular weight is 507 g/mol. The summed E-state index contributed by atoms with van der Waals surface area (Å²) in [6.45, 7) is 3.68.